The molecule has 0 spiro atoms. The zero-order valence-electron chi connectivity index (χ0n) is 17.6. The predicted molar refractivity (Wildman–Crippen MR) is 108 cm³/mol. The van der Waals surface area contributed by atoms with Crippen LogP contribution < -0.4 is 0 Å². The van der Waals surface area contributed by atoms with Crippen LogP contribution in [0.2, 0.25) is 0 Å². The number of unbranched alkanes of at least 4 members (excludes halogenated alkanes) is 1. The van der Waals surface area contributed by atoms with Gasteiger partial charge < -0.3 is 0 Å². The molecule has 0 aliphatic carbocycles. The van der Waals surface area contributed by atoms with Crippen molar-refractivity contribution in [2.75, 3.05) is 68.3 Å². The third-order valence-corrected chi connectivity index (χ3v) is 13.6. The Hall–Kier alpha value is -0.0200. The van der Waals surface area contributed by atoms with Gasteiger partial charge in [-0.3, -0.25) is 0 Å². The van der Waals surface area contributed by atoms with Crippen LogP contribution in [0.25, 0.3) is 0 Å². The quantitative estimate of drug-likeness (QED) is 0.419. The van der Waals surface area contributed by atoms with E-state index >= 15 is 0 Å². The summed E-state index contributed by atoms with van der Waals surface area (Å²) in [4.78, 5) is 10.0. The Morgan fingerprint density at radius 1 is 1.00 bits per heavy atom. The summed E-state index contributed by atoms with van der Waals surface area (Å²) in [5, 5.41) is -0.0346. The third kappa shape index (κ3) is 2.61. The van der Waals surface area contributed by atoms with Gasteiger partial charge in [0, 0.05) is 0 Å². The first-order chi connectivity index (χ1) is 10.3. The van der Waals surface area contributed by atoms with Crippen LogP contribution in [-0.2, 0) is 0 Å². The van der Waals surface area contributed by atoms with Crippen LogP contribution in [0.5, 0.6) is 0 Å². The molecule has 4 nitrogen and oxygen atoms in total. The van der Waals surface area contributed by atoms with Crippen LogP contribution in [-0.4, -0.2) is 93.9 Å². The van der Waals surface area contributed by atoms with Crippen LogP contribution in [0.4, 0.5) is 0 Å². The Bertz CT molecular complexity index is 456. The summed E-state index contributed by atoms with van der Waals surface area (Å²) >= 11 is 0. The van der Waals surface area contributed by atoms with Gasteiger partial charge in [0.1, 0.15) is 0 Å². The summed E-state index contributed by atoms with van der Waals surface area (Å²) < 4.78 is 2.54. The number of aliphatic imine (C=N–C) groups is 1. The molecule has 1 aliphatic rings. The van der Waals surface area contributed by atoms with Crippen LogP contribution in [0.1, 0.15) is 33.6 Å². The summed E-state index contributed by atoms with van der Waals surface area (Å²) in [5.74, 6) is 0. The Morgan fingerprint density at radius 3 is 1.78 bits per heavy atom. The van der Waals surface area contributed by atoms with Gasteiger partial charge in [-0.1, -0.05) is 0 Å². The zero-order chi connectivity index (χ0) is 18.3. The Kier molecular flexibility index (Phi) is 5.82. The predicted octanol–water partition coefficient (Wildman–Crippen LogP) is 3.33. The van der Waals surface area contributed by atoms with Crippen molar-refractivity contribution in [3.63, 3.8) is 0 Å². The van der Waals surface area contributed by atoms with E-state index in [4.69, 9.17) is 4.99 Å². The van der Waals surface area contributed by atoms with E-state index in [-0.39, 0.29) is 10.8 Å². The fourth-order valence-electron chi connectivity index (χ4n) is 5.64. The average molecular weight is 345 g/mol. The van der Waals surface area contributed by atoms with Crippen LogP contribution in [0, 0.1) is 5.41 Å². The SMILES string of the molecule is CCCCN=C1CP(C)(C)(N(C)C)C(N(C)C)(N(C)C)C1(C)C. The number of rotatable bonds is 6. The summed E-state index contributed by atoms with van der Waals surface area (Å²) in [6, 6.07) is 0. The van der Waals surface area contributed by atoms with Gasteiger partial charge in [0.25, 0.3) is 0 Å². The fraction of sp³-hybridized carbons (Fsp3) is 0.944. The standard InChI is InChI=1S/C18H41N4P/c1-12-13-14-19-16-15-23(10,11,22(8)9)18(20(4)5,21(6)7)17(16,2)3/h12-15H2,1-11H3. The van der Waals surface area contributed by atoms with Crippen molar-refractivity contribution >= 4 is 12.5 Å². The molecule has 0 atom stereocenters. The molecule has 1 saturated heterocycles. The van der Waals surface area contributed by atoms with Gasteiger partial charge in [-0.15, -0.1) is 0 Å². The van der Waals surface area contributed by atoms with Gasteiger partial charge in [0.15, 0.2) is 0 Å². The molecule has 1 fully saturated rings. The molecule has 0 aromatic rings. The van der Waals surface area contributed by atoms with Crippen molar-refractivity contribution in [2.45, 2.75) is 39.0 Å². The summed E-state index contributed by atoms with van der Waals surface area (Å²) in [7, 11) is 13.5. The molecule has 0 bridgehead atoms. The van der Waals surface area contributed by atoms with E-state index in [1.807, 2.05) is 0 Å². The first-order valence-electron chi connectivity index (χ1n) is 8.87. The van der Waals surface area contributed by atoms with Crippen molar-refractivity contribution in [2.24, 2.45) is 10.4 Å². The molecule has 5 heteroatoms. The molecule has 0 aromatic carbocycles. The van der Waals surface area contributed by atoms with Crippen molar-refractivity contribution in [3.05, 3.63) is 0 Å². The van der Waals surface area contributed by atoms with Gasteiger partial charge in [-0.05, 0) is 0 Å². The molecule has 1 aliphatic heterocycles. The van der Waals surface area contributed by atoms with Crippen LogP contribution in [0.3, 0.4) is 0 Å². The Labute approximate surface area is 145 Å². The summed E-state index contributed by atoms with van der Waals surface area (Å²) in [5.41, 5.74) is 1.42. The first kappa shape index (κ1) is 21.0. The summed E-state index contributed by atoms with van der Waals surface area (Å²) in [6.07, 6.45) is 3.51. The van der Waals surface area contributed by atoms with E-state index in [1.54, 1.807) is 0 Å². The first-order valence-corrected chi connectivity index (χ1v) is 12.1. The number of nitrogens with zero attached hydrogens (tertiary/aromatic N) is 4. The fourth-order valence-corrected chi connectivity index (χ4v) is 12.5. The normalized spacial score (nSPS) is 28.4. The number of hydrogen-bond acceptors (Lipinski definition) is 4. The monoisotopic (exact) mass is 344 g/mol. The molecule has 23 heavy (non-hydrogen) atoms. The van der Waals surface area contributed by atoms with E-state index in [9.17, 15) is 0 Å². The van der Waals surface area contributed by atoms with Gasteiger partial charge in [0.2, 0.25) is 0 Å². The molecular weight excluding hydrogens is 303 g/mol. The van der Waals surface area contributed by atoms with Crippen LogP contribution >= 0.6 is 6.75 Å². The van der Waals surface area contributed by atoms with Crippen molar-refractivity contribution in [1.82, 2.24) is 14.5 Å². The van der Waals surface area contributed by atoms with Crippen molar-refractivity contribution in [3.8, 4) is 0 Å². The minimum atomic E-state index is -2.27. The molecule has 0 unspecified atom stereocenters. The zero-order valence-corrected chi connectivity index (χ0v) is 18.5. The minimum absolute atomic E-state index is 0.0132. The van der Waals surface area contributed by atoms with E-state index < -0.39 is 6.75 Å². The molecule has 0 saturated carbocycles. The maximum absolute atomic E-state index is 5.12. The third-order valence-electron chi connectivity index (χ3n) is 6.50. The second-order valence-corrected chi connectivity index (χ2v) is 15.5. The van der Waals surface area contributed by atoms with Gasteiger partial charge in [-0.25, -0.2) is 0 Å². The van der Waals surface area contributed by atoms with Crippen LogP contribution in [0.15, 0.2) is 4.99 Å². The molecule has 0 radical (unpaired) electrons. The summed E-state index contributed by atoms with van der Waals surface area (Å²) in [6.45, 7) is 10.8. The topological polar surface area (TPSA) is 22.1 Å². The van der Waals surface area contributed by atoms with E-state index in [2.05, 4.69) is 90.9 Å². The van der Waals surface area contributed by atoms with E-state index in [1.165, 1.54) is 18.6 Å². The van der Waals surface area contributed by atoms with Crippen molar-refractivity contribution < 1.29 is 0 Å². The van der Waals surface area contributed by atoms with Gasteiger partial charge in [0.05, 0.1) is 0 Å². The molecule has 0 N–H and O–H groups in total. The average Bonchev–Trinajstić information content (AvgIpc) is 2.51. The molecule has 138 valence electrons. The molecular formula is C18H41N4P. The molecule has 0 aromatic heterocycles. The number of hydrogen-bond donors (Lipinski definition) is 0. The Balaban J connectivity index is 3.69. The van der Waals surface area contributed by atoms with Gasteiger partial charge >= 0.3 is 145 Å². The van der Waals surface area contributed by atoms with Gasteiger partial charge in [-0.2, -0.15) is 0 Å². The maximum atomic E-state index is 5.12. The molecule has 1 rings (SSSR count). The van der Waals surface area contributed by atoms with E-state index in [0.717, 1.165) is 12.7 Å². The Morgan fingerprint density at radius 2 is 1.48 bits per heavy atom. The van der Waals surface area contributed by atoms with Crippen molar-refractivity contribution in [1.29, 1.82) is 0 Å². The molecule has 0 amide bonds. The second-order valence-electron chi connectivity index (χ2n) is 9.06. The van der Waals surface area contributed by atoms with E-state index in [0.29, 0.717) is 0 Å². The second kappa shape index (κ2) is 6.37. The molecule has 1 heterocycles.